The summed E-state index contributed by atoms with van der Waals surface area (Å²) >= 11 is 16.3. The molecular formula is C13H26O7S4Si. The van der Waals surface area contributed by atoms with Crippen LogP contribution in [0.1, 0.15) is 20.8 Å². The number of hydrogen-bond donors (Lipinski definition) is 5. The van der Waals surface area contributed by atoms with E-state index >= 15 is 0 Å². The number of carboxylic acid groups (broad SMARTS) is 1. The lowest BCUT2D eigenvalue weighted by Gasteiger charge is -2.34. The largest absolute Gasteiger partial charge is 0.515 e. The molecule has 0 saturated carbocycles. The average molecular weight is 451 g/mol. The quantitative estimate of drug-likeness (QED) is 0.143. The van der Waals surface area contributed by atoms with Gasteiger partial charge in [0.05, 0.1) is 4.87 Å². The van der Waals surface area contributed by atoms with E-state index in [0.717, 1.165) is 6.08 Å². The summed E-state index contributed by atoms with van der Waals surface area (Å²) in [6.45, 7) is 7.43. The minimum Gasteiger partial charge on any atom is -0.478 e. The Morgan fingerprint density at radius 1 is 1.04 bits per heavy atom. The standard InChI is InChI=1S/C9H22O3S3Si.C4H4O4S/c1-4-10-16(11-5-2,12-6-3)9(15)8(14)7-13;5-3(6)1-2-4(7)8-9/h8-9,13-15H,4-7H2,1-3H3;1-2,9H,(H,5,6)/b;2-1+. The molecule has 0 aliphatic heterocycles. The molecule has 0 aromatic rings. The van der Waals surface area contributed by atoms with E-state index in [1.807, 2.05) is 20.8 Å². The molecule has 12 heteroatoms. The first kappa shape index (κ1) is 27.4. The van der Waals surface area contributed by atoms with Crippen LogP contribution >= 0.6 is 50.8 Å². The summed E-state index contributed by atoms with van der Waals surface area (Å²) in [4.78, 5) is 19.6. The zero-order chi connectivity index (χ0) is 19.9. The molecule has 2 unspecified atom stereocenters. The van der Waals surface area contributed by atoms with Crippen LogP contribution in [0.15, 0.2) is 12.2 Å². The van der Waals surface area contributed by atoms with Crippen molar-refractivity contribution in [3.05, 3.63) is 12.2 Å². The van der Waals surface area contributed by atoms with Gasteiger partial charge in [-0.3, -0.25) is 0 Å². The number of rotatable bonds is 11. The first-order valence-corrected chi connectivity index (χ1v) is 11.2. The van der Waals surface area contributed by atoms with E-state index in [2.05, 4.69) is 55.0 Å². The highest BCUT2D eigenvalue weighted by Gasteiger charge is 2.50. The predicted molar refractivity (Wildman–Crippen MR) is 112 cm³/mol. The molecule has 148 valence electrons. The van der Waals surface area contributed by atoms with Crippen molar-refractivity contribution in [1.82, 2.24) is 0 Å². The third kappa shape index (κ3) is 12.2. The van der Waals surface area contributed by atoms with Crippen molar-refractivity contribution in [3.63, 3.8) is 0 Å². The smallest absolute Gasteiger partial charge is 0.478 e. The van der Waals surface area contributed by atoms with E-state index in [0.29, 0.717) is 31.6 Å². The molecule has 7 nitrogen and oxygen atoms in total. The maximum atomic E-state index is 10.1. The Hall–Kier alpha value is 0.177. The molecule has 0 amide bonds. The fourth-order valence-electron chi connectivity index (χ4n) is 1.49. The van der Waals surface area contributed by atoms with Gasteiger partial charge in [-0.25, -0.2) is 9.59 Å². The summed E-state index contributed by atoms with van der Waals surface area (Å²) in [5.41, 5.74) is 0. The molecule has 25 heavy (non-hydrogen) atoms. The summed E-state index contributed by atoms with van der Waals surface area (Å²) in [5, 5.41) is 7.93. The normalized spacial score (nSPS) is 13.7. The van der Waals surface area contributed by atoms with E-state index in [1.165, 1.54) is 0 Å². The van der Waals surface area contributed by atoms with Gasteiger partial charge in [0.25, 0.3) is 0 Å². The zero-order valence-corrected chi connectivity index (χ0v) is 18.9. The maximum absolute atomic E-state index is 10.1. The Morgan fingerprint density at radius 2 is 1.48 bits per heavy atom. The third-order valence-corrected chi connectivity index (χ3v) is 8.77. The Morgan fingerprint density at radius 3 is 1.76 bits per heavy atom. The van der Waals surface area contributed by atoms with Gasteiger partial charge in [-0.1, -0.05) is 0 Å². The van der Waals surface area contributed by atoms with Gasteiger partial charge in [-0.05, 0) is 20.8 Å². The lowest BCUT2D eigenvalue weighted by Crippen LogP contribution is -2.57. The predicted octanol–water partition coefficient (Wildman–Crippen LogP) is 2.12. The molecule has 0 spiro atoms. The van der Waals surface area contributed by atoms with Crippen molar-refractivity contribution in [2.75, 3.05) is 25.6 Å². The number of carboxylic acids is 1. The minimum atomic E-state index is -2.74. The second-order valence-electron chi connectivity index (χ2n) is 4.18. The molecule has 0 radical (unpaired) electrons. The second kappa shape index (κ2) is 16.4. The minimum absolute atomic E-state index is 0.0111. The summed E-state index contributed by atoms with van der Waals surface area (Å²) in [6.07, 6.45) is 1.42. The summed E-state index contributed by atoms with van der Waals surface area (Å²) in [7, 11) is -2.74. The van der Waals surface area contributed by atoms with Crippen LogP contribution in [0.2, 0.25) is 0 Å². The van der Waals surface area contributed by atoms with Gasteiger partial charge >= 0.3 is 20.7 Å². The Labute approximate surface area is 172 Å². The zero-order valence-electron chi connectivity index (χ0n) is 14.3. The number of thiol groups is 4. The molecule has 0 aliphatic carbocycles. The molecule has 0 aromatic heterocycles. The van der Waals surface area contributed by atoms with Crippen LogP contribution in [-0.2, 0) is 27.1 Å². The van der Waals surface area contributed by atoms with E-state index < -0.39 is 20.7 Å². The lowest BCUT2D eigenvalue weighted by atomic mass is 10.5. The van der Waals surface area contributed by atoms with Gasteiger partial charge < -0.3 is 22.6 Å². The number of carbonyl (C=O) groups is 2. The van der Waals surface area contributed by atoms with Crippen LogP contribution in [-0.4, -0.2) is 61.5 Å². The van der Waals surface area contributed by atoms with Gasteiger partial charge in [0, 0.05) is 55.9 Å². The van der Waals surface area contributed by atoms with E-state index in [9.17, 15) is 9.59 Å². The lowest BCUT2D eigenvalue weighted by molar-refractivity contribution is -0.132. The van der Waals surface area contributed by atoms with Crippen molar-refractivity contribution in [3.8, 4) is 0 Å². The molecule has 1 N–H and O–H groups in total. The molecule has 0 heterocycles. The fourth-order valence-corrected chi connectivity index (χ4v) is 6.01. The molecule has 0 aliphatic rings. The first-order chi connectivity index (χ1) is 11.7. The van der Waals surface area contributed by atoms with Crippen molar-refractivity contribution >= 4 is 71.5 Å². The second-order valence-corrected chi connectivity index (χ2v) is 9.13. The molecule has 0 bridgehead atoms. The summed E-state index contributed by atoms with van der Waals surface area (Å²) in [5.74, 6) is -1.39. The van der Waals surface area contributed by atoms with E-state index in [4.69, 9.17) is 18.4 Å². The number of hydrogen-bond acceptors (Lipinski definition) is 10. The van der Waals surface area contributed by atoms with Crippen LogP contribution in [0.3, 0.4) is 0 Å². The third-order valence-electron chi connectivity index (χ3n) is 2.40. The maximum Gasteiger partial charge on any atom is 0.515 e. The molecule has 0 saturated heterocycles. The molecular weight excluding hydrogens is 424 g/mol. The highest BCUT2D eigenvalue weighted by Crippen LogP contribution is 2.25. The van der Waals surface area contributed by atoms with Gasteiger partial charge in [0.2, 0.25) is 0 Å². The summed E-state index contributed by atoms with van der Waals surface area (Å²) in [6, 6.07) is 0. The Kier molecular flexibility index (Phi) is 17.9. The average Bonchev–Trinajstić information content (AvgIpc) is 2.59. The molecule has 0 rings (SSSR count). The van der Waals surface area contributed by atoms with Crippen molar-refractivity contribution in [2.24, 2.45) is 0 Å². The van der Waals surface area contributed by atoms with Crippen LogP contribution in [0.25, 0.3) is 0 Å². The van der Waals surface area contributed by atoms with Gasteiger partial charge in [-0.15, -0.1) is 0 Å². The topological polar surface area (TPSA) is 91.3 Å². The molecule has 2 atom stereocenters. The van der Waals surface area contributed by atoms with Crippen molar-refractivity contribution in [1.29, 1.82) is 0 Å². The number of aliphatic carboxylic acids is 1. The highest BCUT2D eigenvalue weighted by atomic mass is 32.1. The van der Waals surface area contributed by atoms with Crippen LogP contribution in [0.4, 0.5) is 0 Å². The van der Waals surface area contributed by atoms with E-state index in [-0.39, 0.29) is 10.1 Å². The van der Waals surface area contributed by atoms with E-state index in [1.54, 1.807) is 0 Å². The fraction of sp³-hybridized carbons (Fsp3) is 0.692. The van der Waals surface area contributed by atoms with Crippen LogP contribution < -0.4 is 0 Å². The SMILES string of the molecule is CCO[Si](OCC)(OCC)C(S)C(S)CS.O=C(O)/C=C/C(=O)OS. The Bertz CT molecular complexity index is 395. The van der Waals surface area contributed by atoms with Gasteiger partial charge in [0.1, 0.15) is 0 Å². The summed E-state index contributed by atoms with van der Waals surface area (Å²) < 4.78 is 21.0. The Balaban J connectivity index is 0. The van der Waals surface area contributed by atoms with Crippen LogP contribution in [0, 0.1) is 0 Å². The highest BCUT2D eigenvalue weighted by molar-refractivity contribution is 7.88. The molecule has 0 aromatic carbocycles. The van der Waals surface area contributed by atoms with Gasteiger partial charge in [0.15, 0.2) is 0 Å². The monoisotopic (exact) mass is 450 g/mol. The first-order valence-electron chi connectivity index (χ1n) is 7.39. The van der Waals surface area contributed by atoms with Gasteiger partial charge in [-0.2, -0.15) is 37.9 Å². The number of carbonyl (C=O) groups excluding carboxylic acids is 1. The van der Waals surface area contributed by atoms with Crippen molar-refractivity contribution in [2.45, 2.75) is 30.9 Å². The molecule has 0 fully saturated rings. The van der Waals surface area contributed by atoms with Crippen molar-refractivity contribution < 1.29 is 32.2 Å². The van der Waals surface area contributed by atoms with Crippen LogP contribution in [0.5, 0.6) is 0 Å².